The zero-order valence-electron chi connectivity index (χ0n) is 12.5. The first-order valence-electron chi connectivity index (χ1n) is 7.20. The minimum absolute atomic E-state index is 0.0592. The number of hydrogen-bond donors (Lipinski definition) is 1. The molecule has 0 bridgehead atoms. The van der Waals surface area contributed by atoms with Gasteiger partial charge in [0.1, 0.15) is 11.6 Å². The fraction of sp³-hybridized carbons (Fsp3) is 0.571. The molecule has 0 aromatic carbocycles. The molecular formula is C14H19N5O2. The number of fused-ring (bicyclic) bond motifs is 1. The monoisotopic (exact) mass is 289 g/mol. The van der Waals surface area contributed by atoms with Gasteiger partial charge in [0.05, 0.1) is 5.69 Å². The lowest BCUT2D eigenvalue weighted by molar-refractivity contribution is 0.0889. The van der Waals surface area contributed by atoms with E-state index in [9.17, 15) is 4.79 Å². The molecule has 0 radical (unpaired) electrons. The molecule has 2 aromatic rings. The Morgan fingerprint density at radius 2 is 2.29 bits per heavy atom. The molecule has 3 heterocycles. The van der Waals surface area contributed by atoms with Crippen molar-refractivity contribution in [3.63, 3.8) is 0 Å². The van der Waals surface area contributed by atoms with Crippen LogP contribution in [0.1, 0.15) is 54.1 Å². The zero-order valence-corrected chi connectivity index (χ0v) is 12.5. The molecule has 21 heavy (non-hydrogen) atoms. The molecule has 1 aliphatic rings. The van der Waals surface area contributed by atoms with E-state index in [0.717, 1.165) is 24.5 Å². The number of nitrogens with one attached hydrogen (secondary N) is 1. The molecule has 112 valence electrons. The Kier molecular flexibility index (Phi) is 3.48. The fourth-order valence-electron chi connectivity index (χ4n) is 2.62. The third-order valence-electron chi connectivity index (χ3n) is 3.68. The first-order valence-corrected chi connectivity index (χ1v) is 7.20. The Morgan fingerprint density at radius 1 is 1.48 bits per heavy atom. The van der Waals surface area contributed by atoms with Crippen molar-refractivity contribution < 1.29 is 9.32 Å². The van der Waals surface area contributed by atoms with Gasteiger partial charge in [-0.3, -0.25) is 4.79 Å². The number of carbonyl (C=O) groups excluding carboxylic acids is 1. The smallest absolute Gasteiger partial charge is 0.290 e. The van der Waals surface area contributed by atoms with E-state index in [1.54, 1.807) is 13.0 Å². The van der Waals surface area contributed by atoms with E-state index >= 15 is 0 Å². The van der Waals surface area contributed by atoms with E-state index in [1.807, 2.05) is 0 Å². The molecule has 3 rings (SSSR count). The third-order valence-corrected chi connectivity index (χ3v) is 3.68. The summed E-state index contributed by atoms with van der Waals surface area (Å²) in [4.78, 5) is 12.1. The molecule has 2 aromatic heterocycles. The zero-order chi connectivity index (χ0) is 15.0. The van der Waals surface area contributed by atoms with E-state index in [1.165, 1.54) is 0 Å². The standard InChI is InChI=1S/C14H19N5O2/c1-8(2)13-17-16-12-5-4-10(7-19(12)13)15-14(20)11-6-9(3)18-21-11/h6,8,10H,4-5,7H2,1-3H3,(H,15,20)/t10-/m1/s1. The molecule has 1 N–H and O–H groups in total. The predicted molar refractivity (Wildman–Crippen MR) is 74.9 cm³/mol. The van der Waals surface area contributed by atoms with Crippen molar-refractivity contribution in [1.82, 2.24) is 25.2 Å². The van der Waals surface area contributed by atoms with Crippen LogP contribution in [0.4, 0.5) is 0 Å². The molecule has 0 saturated carbocycles. The highest BCUT2D eigenvalue weighted by Gasteiger charge is 2.26. The van der Waals surface area contributed by atoms with Gasteiger partial charge < -0.3 is 14.4 Å². The van der Waals surface area contributed by atoms with Crippen molar-refractivity contribution in [2.75, 3.05) is 0 Å². The van der Waals surface area contributed by atoms with Crippen LogP contribution >= 0.6 is 0 Å². The number of aromatic nitrogens is 4. The Morgan fingerprint density at radius 3 is 2.95 bits per heavy atom. The summed E-state index contributed by atoms with van der Waals surface area (Å²) in [5, 5.41) is 15.2. The molecule has 0 spiro atoms. The lowest BCUT2D eigenvalue weighted by Crippen LogP contribution is -2.41. The minimum atomic E-state index is -0.219. The summed E-state index contributed by atoms with van der Waals surface area (Å²) in [5.74, 6) is 2.33. The quantitative estimate of drug-likeness (QED) is 0.924. The number of carbonyl (C=O) groups is 1. The highest BCUT2D eigenvalue weighted by atomic mass is 16.5. The van der Waals surface area contributed by atoms with Crippen LogP contribution in [0.2, 0.25) is 0 Å². The molecule has 7 nitrogen and oxygen atoms in total. The second-order valence-electron chi connectivity index (χ2n) is 5.78. The van der Waals surface area contributed by atoms with Gasteiger partial charge in [0.2, 0.25) is 5.76 Å². The Labute approximate surface area is 122 Å². The van der Waals surface area contributed by atoms with Gasteiger partial charge in [0.25, 0.3) is 5.91 Å². The van der Waals surface area contributed by atoms with Crippen LogP contribution in [0.25, 0.3) is 0 Å². The largest absolute Gasteiger partial charge is 0.351 e. The second-order valence-corrected chi connectivity index (χ2v) is 5.78. The number of aryl methyl sites for hydroxylation is 2. The van der Waals surface area contributed by atoms with Crippen molar-refractivity contribution in [2.45, 2.75) is 52.1 Å². The summed E-state index contributed by atoms with van der Waals surface area (Å²) in [6, 6.07) is 1.70. The van der Waals surface area contributed by atoms with E-state index < -0.39 is 0 Å². The topological polar surface area (TPSA) is 85.8 Å². The van der Waals surface area contributed by atoms with Crippen LogP contribution in [0.15, 0.2) is 10.6 Å². The second kappa shape index (κ2) is 5.31. The first kappa shape index (κ1) is 13.8. The van der Waals surface area contributed by atoms with Gasteiger partial charge in [-0.15, -0.1) is 10.2 Å². The van der Waals surface area contributed by atoms with Crippen LogP contribution in [0.3, 0.4) is 0 Å². The average molecular weight is 289 g/mol. The van der Waals surface area contributed by atoms with E-state index in [2.05, 4.69) is 39.1 Å². The SMILES string of the molecule is Cc1cc(C(=O)N[C@@H]2CCc3nnc(C(C)C)n3C2)on1. The summed E-state index contributed by atoms with van der Waals surface area (Å²) in [6.07, 6.45) is 1.68. The van der Waals surface area contributed by atoms with Gasteiger partial charge >= 0.3 is 0 Å². The van der Waals surface area contributed by atoms with Gasteiger partial charge in [0.15, 0.2) is 0 Å². The molecule has 7 heteroatoms. The van der Waals surface area contributed by atoms with Gasteiger partial charge in [0, 0.05) is 31.0 Å². The third kappa shape index (κ3) is 2.68. The van der Waals surface area contributed by atoms with Gasteiger partial charge in [-0.1, -0.05) is 19.0 Å². The number of rotatable bonds is 3. The summed E-state index contributed by atoms with van der Waals surface area (Å²) in [5.41, 5.74) is 0.701. The van der Waals surface area contributed by atoms with Crippen molar-refractivity contribution in [3.8, 4) is 0 Å². The van der Waals surface area contributed by atoms with Crippen LogP contribution < -0.4 is 5.32 Å². The fourth-order valence-corrected chi connectivity index (χ4v) is 2.62. The molecule has 0 fully saturated rings. The molecule has 1 atom stereocenters. The van der Waals surface area contributed by atoms with Gasteiger partial charge in [-0.25, -0.2) is 0 Å². The van der Waals surface area contributed by atoms with Gasteiger partial charge in [-0.2, -0.15) is 0 Å². The Bertz CT molecular complexity index is 658. The van der Waals surface area contributed by atoms with Crippen molar-refractivity contribution in [3.05, 3.63) is 29.2 Å². The van der Waals surface area contributed by atoms with Crippen LogP contribution in [0, 0.1) is 6.92 Å². The minimum Gasteiger partial charge on any atom is -0.351 e. The van der Waals surface area contributed by atoms with E-state index in [0.29, 0.717) is 18.2 Å². The predicted octanol–water partition coefficient (Wildman–Crippen LogP) is 1.44. The normalized spacial score (nSPS) is 17.8. The van der Waals surface area contributed by atoms with Crippen molar-refractivity contribution in [1.29, 1.82) is 0 Å². The van der Waals surface area contributed by atoms with E-state index in [4.69, 9.17) is 4.52 Å². The Hall–Kier alpha value is -2.18. The molecule has 0 aliphatic carbocycles. The van der Waals surface area contributed by atoms with Crippen LogP contribution in [-0.2, 0) is 13.0 Å². The highest BCUT2D eigenvalue weighted by Crippen LogP contribution is 2.20. The molecule has 1 amide bonds. The summed E-state index contributed by atoms with van der Waals surface area (Å²) < 4.78 is 7.11. The van der Waals surface area contributed by atoms with E-state index in [-0.39, 0.29) is 17.7 Å². The van der Waals surface area contributed by atoms with Gasteiger partial charge in [-0.05, 0) is 13.3 Å². The average Bonchev–Trinajstić information content (AvgIpc) is 3.04. The lowest BCUT2D eigenvalue weighted by atomic mass is 10.1. The number of hydrogen-bond acceptors (Lipinski definition) is 5. The number of amides is 1. The molecule has 0 saturated heterocycles. The first-order chi connectivity index (χ1) is 10.0. The van der Waals surface area contributed by atoms with Crippen molar-refractivity contribution >= 4 is 5.91 Å². The maximum Gasteiger partial charge on any atom is 0.290 e. The molecular weight excluding hydrogens is 270 g/mol. The maximum atomic E-state index is 12.1. The van der Waals surface area contributed by atoms with Crippen LogP contribution in [-0.4, -0.2) is 31.9 Å². The summed E-state index contributed by atoms with van der Waals surface area (Å²) in [6.45, 7) is 6.68. The molecule has 0 unspecified atom stereocenters. The highest BCUT2D eigenvalue weighted by molar-refractivity contribution is 5.91. The van der Waals surface area contributed by atoms with Crippen LogP contribution in [0.5, 0.6) is 0 Å². The summed E-state index contributed by atoms with van der Waals surface area (Å²) >= 11 is 0. The van der Waals surface area contributed by atoms with Crippen molar-refractivity contribution in [2.24, 2.45) is 0 Å². The number of nitrogens with zero attached hydrogens (tertiary/aromatic N) is 4. The summed E-state index contributed by atoms with van der Waals surface area (Å²) in [7, 11) is 0. The maximum absolute atomic E-state index is 12.1. The lowest BCUT2D eigenvalue weighted by Gasteiger charge is -2.25. The Balaban J connectivity index is 1.71. The molecule has 1 aliphatic heterocycles.